The Morgan fingerprint density at radius 1 is 1.17 bits per heavy atom. The molecular weight excluding hydrogens is 306 g/mol. The Hall–Kier alpha value is -2.30. The minimum Gasteiger partial charge on any atom is -0.457 e. The number of hydrogen-bond acceptors (Lipinski definition) is 4. The van der Waals surface area contributed by atoms with Crippen molar-refractivity contribution >= 4 is 18.0 Å². The Labute approximate surface area is 143 Å². The summed E-state index contributed by atoms with van der Waals surface area (Å²) >= 11 is 0. The zero-order valence-corrected chi connectivity index (χ0v) is 14.3. The lowest BCUT2D eigenvalue weighted by Gasteiger charge is -2.26. The molecule has 0 atom stereocenters. The second-order valence-corrected chi connectivity index (χ2v) is 6.27. The summed E-state index contributed by atoms with van der Waals surface area (Å²) in [5, 5.41) is 3.06. The lowest BCUT2D eigenvalue weighted by molar-refractivity contribution is -0.147. The van der Waals surface area contributed by atoms with Crippen LogP contribution in [0, 0.1) is 5.92 Å². The van der Waals surface area contributed by atoms with Crippen molar-refractivity contribution in [3.05, 3.63) is 35.9 Å². The highest BCUT2D eigenvalue weighted by Crippen LogP contribution is 2.23. The molecule has 0 aromatic heterocycles. The second-order valence-electron chi connectivity index (χ2n) is 6.27. The highest BCUT2D eigenvalue weighted by atomic mass is 16.7. The molecule has 1 aromatic carbocycles. The predicted molar refractivity (Wildman–Crippen MR) is 92.3 cm³/mol. The van der Waals surface area contributed by atoms with Crippen LogP contribution in [-0.4, -0.2) is 24.7 Å². The molecule has 1 amide bonds. The maximum Gasteiger partial charge on any atom is 0.305 e. The summed E-state index contributed by atoms with van der Waals surface area (Å²) in [6.45, 7) is 3.49. The van der Waals surface area contributed by atoms with Gasteiger partial charge in [-0.1, -0.05) is 19.1 Å². The van der Waals surface area contributed by atoms with Gasteiger partial charge < -0.3 is 14.8 Å². The van der Waals surface area contributed by atoms with E-state index < -0.39 is 0 Å². The van der Waals surface area contributed by atoms with Crippen molar-refractivity contribution in [1.29, 1.82) is 0 Å². The molecule has 0 saturated heterocycles. The molecule has 130 valence electrons. The van der Waals surface area contributed by atoms with Crippen LogP contribution < -0.4 is 10.1 Å². The summed E-state index contributed by atoms with van der Waals surface area (Å²) in [6, 6.07) is 7.52. The van der Waals surface area contributed by atoms with E-state index in [-0.39, 0.29) is 18.7 Å². The molecule has 24 heavy (non-hydrogen) atoms. The number of benzene rings is 1. The van der Waals surface area contributed by atoms with Gasteiger partial charge in [0.15, 0.2) is 0 Å². The topological polar surface area (TPSA) is 64.6 Å². The monoisotopic (exact) mass is 331 g/mol. The molecule has 0 radical (unpaired) electrons. The number of ether oxygens (including phenoxy) is 2. The number of carbonyl (C=O) groups is 2. The minimum absolute atomic E-state index is 0.0512. The second kappa shape index (κ2) is 9.11. The van der Waals surface area contributed by atoms with Crippen LogP contribution >= 0.6 is 0 Å². The standard InChI is InChI=1S/C19H25NO4/c1-14-3-8-17(9-4-14)20-19(22)12-7-16-5-10-18(11-6-16)24-13-23-15(2)21/h5-7,10-12,14,17H,3-4,8-9,13H2,1-2H3,(H,20,22)/b12-7+. The first-order chi connectivity index (χ1) is 11.5. The van der Waals surface area contributed by atoms with Gasteiger partial charge >= 0.3 is 5.97 Å². The smallest absolute Gasteiger partial charge is 0.305 e. The third-order valence-electron chi connectivity index (χ3n) is 4.16. The van der Waals surface area contributed by atoms with E-state index >= 15 is 0 Å². The average Bonchev–Trinajstić information content (AvgIpc) is 2.56. The maximum absolute atomic E-state index is 12.0. The van der Waals surface area contributed by atoms with Crippen LogP contribution in [0.4, 0.5) is 0 Å². The Bertz CT molecular complexity index is 572. The molecule has 1 saturated carbocycles. The van der Waals surface area contributed by atoms with Gasteiger partial charge in [0.2, 0.25) is 12.7 Å². The average molecular weight is 331 g/mol. The zero-order chi connectivity index (χ0) is 17.4. The zero-order valence-electron chi connectivity index (χ0n) is 14.3. The van der Waals surface area contributed by atoms with E-state index in [9.17, 15) is 9.59 Å². The fourth-order valence-electron chi connectivity index (χ4n) is 2.68. The number of hydrogen-bond donors (Lipinski definition) is 1. The summed E-state index contributed by atoms with van der Waals surface area (Å²) in [4.78, 5) is 22.6. The van der Waals surface area contributed by atoms with E-state index in [2.05, 4.69) is 12.2 Å². The summed E-state index contributed by atoms with van der Waals surface area (Å²) in [5.74, 6) is 0.946. The van der Waals surface area contributed by atoms with Crippen LogP contribution in [0.3, 0.4) is 0 Å². The number of esters is 1. The lowest BCUT2D eigenvalue weighted by atomic mass is 9.87. The summed E-state index contributed by atoms with van der Waals surface area (Å²) in [5.41, 5.74) is 0.905. The van der Waals surface area contributed by atoms with Crippen LogP contribution in [0.2, 0.25) is 0 Å². The summed E-state index contributed by atoms with van der Waals surface area (Å²) in [7, 11) is 0. The van der Waals surface area contributed by atoms with Crippen molar-refractivity contribution in [2.75, 3.05) is 6.79 Å². The van der Waals surface area contributed by atoms with Crippen molar-refractivity contribution in [3.63, 3.8) is 0 Å². The lowest BCUT2D eigenvalue weighted by Crippen LogP contribution is -2.36. The van der Waals surface area contributed by atoms with Crippen LogP contribution in [0.5, 0.6) is 5.75 Å². The van der Waals surface area contributed by atoms with Gasteiger partial charge in [-0.2, -0.15) is 0 Å². The predicted octanol–water partition coefficient (Wildman–Crippen LogP) is 3.29. The van der Waals surface area contributed by atoms with E-state index in [1.807, 2.05) is 12.1 Å². The molecule has 1 aliphatic rings. The van der Waals surface area contributed by atoms with Crippen molar-refractivity contribution in [2.24, 2.45) is 5.92 Å². The molecule has 1 aromatic rings. The minimum atomic E-state index is -0.381. The maximum atomic E-state index is 12.0. The molecule has 2 rings (SSSR count). The van der Waals surface area contributed by atoms with Gasteiger partial charge in [0, 0.05) is 19.0 Å². The largest absolute Gasteiger partial charge is 0.457 e. The number of carbonyl (C=O) groups excluding carboxylic acids is 2. The molecule has 5 heteroatoms. The Kier molecular flexibility index (Phi) is 6.85. The summed E-state index contributed by atoms with van der Waals surface area (Å²) < 4.78 is 9.97. The van der Waals surface area contributed by atoms with Crippen molar-refractivity contribution in [1.82, 2.24) is 5.32 Å². The first-order valence-electron chi connectivity index (χ1n) is 8.37. The molecule has 0 heterocycles. The number of rotatable bonds is 6. The van der Waals surface area contributed by atoms with Crippen LogP contribution in [-0.2, 0) is 14.3 Å². The number of nitrogens with one attached hydrogen (secondary N) is 1. The van der Waals surface area contributed by atoms with Crippen LogP contribution in [0.15, 0.2) is 30.3 Å². The van der Waals surface area contributed by atoms with Crippen molar-refractivity contribution in [2.45, 2.75) is 45.6 Å². The third kappa shape index (κ3) is 6.44. The van der Waals surface area contributed by atoms with Gasteiger partial charge in [-0.05, 0) is 55.4 Å². The molecule has 1 N–H and O–H groups in total. The molecule has 5 nitrogen and oxygen atoms in total. The summed E-state index contributed by atoms with van der Waals surface area (Å²) in [6.07, 6.45) is 7.83. The van der Waals surface area contributed by atoms with E-state index in [0.717, 1.165) is 24.3 Å². The van der Waals surface area contributed by atoms with Crippen LogP contribution in [0.1, 0.15) is 45.1 Å². The van der Waals surface area contributed by atoms with E-state index in [4.69, 9.17) is 9.47 Å². The molecular formula is C19H25NO4. The Morgan fingerprint density at radius 2 is 1.83 bits per heavy atom. The van der Waals surface area contributed by atoms with Crippen LogP contribution in [0.25, 0.3) is 6.08 Å². The van der Waals surface area contributed by atoms with Gasteiger partial charge in [-0.3, -0.25) is 9.59 Å². The van der Waals surface area contributed by atoms with Crippen molar-refractivity contribution in [3.8, 4) is 5.75 Å². The molecule has 1 aliphatic carbocycles. The van der Waals surface area contributed by atoms with E-state index in [0.29, 0.717) is 11.8 Å². The van der Waals surface area contributed by atoms with Gasteiger partial charge in [0.1, 0.15) is 5.75 Å². The number of amides is 1. The van der Waals surface area contributed by atoms with Gasteiger partial charge in [0.25, 0.3) is 0 Å². The van der Waals surface area contributed by atoms with E-state index in [1.165, 1.54) is 19.8 Å². The molecule has 0 aliphatic heterocycles. The van der Waals surface area contributed by atoms with E-state index in [1.54, 1.807) is 24.3 Å². The van der Waals surface area contributed by atoms with Gasteiger partial charge in [-0.25, -0.2) is 0 Å². The SMILES string of the molecule is CC(=O)OCOc1ccc(/C=C/C(=O)NC2CCC(C)CC2)cc1. The highest BCUT2D eigenvalue weighted by Gasteiger charge is 2.18. The molecule has 0 unspecified atom stereocenters. The quantitative estimate of drug-likeness (QED) is 0.493. The molecule has 0 spiro atoms. The first-order valence-corrected chi connectivity index (χ1v) is 8.37. The normalized spacial score (nSPS) is 20.6. The fourth-order valence-corrected chi connectivity index (χ4v) is 2.68. The fraction of sp³-hybridized carbons (Fsp3) is 0.474. The third-order valence-corrected chi connectivity index (χ3v) is 4.16. The first kappa shape index (κ1) is 18.0. The van der Waals surface area contributed by atoms with Gasteiger partial charge in [0.05, 0.1) is 0 Å². The van der Waals surface area contributed by atoms with Crippen molar-refractivity contribution < 1.29 is 19.1 Å². The molecule has 1 fully saturated rings. The highest BCUT2D eigenvalue weighted by molar-refractivity contribution is 5.91. The Balaban J connectivity index is 1.76. The Morgan fingerprint density at radius 3 is 2.46 bits per heavy atom. The molecule has 0 bridgehead atoms. The van der Waals surface area contributed by atoms with Gasteiger partial charge in [-0.15, -0.1) is 0 Å².